The highest BCUT2D eigenvalue weighted by Crippen LogP contribution is 2.17. The molecule has 0 saturated carbocycles. The summed E-state index contributed by atoms with van der Waals surface area (Å²) in [6, 6.07) is 13.4. The van der Waals surface area contributed by atoms with Crippen LogP contribution in [0.15, 0.2) is 61.1 Å². The summed E-state index contributed by atoms with van der Waals surface area (Å²) in [6.07, 6.45) is 5.13. The first-order valence-electron chi connectivity index (χ1n) is 10.4. The van der Waals surface area contributed by atoms with Gasteiger partial charge in [-0.15, -0.1) is 0 Å². The second-order valence-electron chi connectivity index (χ2n) is 7.76. The molecule has 31 heavy (non-hydrogen) atoms. The lowest BCUT2D eigenvalue weighted by Gasteiger charge is -2.32. The first kappa shape index (κ1) is 20.9. The summed E-state index contributed by atoms with van der Waals surface area (Å²) >= 11 is 0. The van der Waals surface area contributed by atoms with Crippen LogP contribution >= 0.6 is 0 Å². The Morgan fingerprint density at radius 3 is 2.55 bits per heavy atom. The Hall–Kier alpha value is -3.36. The van der Waals surface area contributed by atoms with Crippen molar-refractivity contribution in [3.05, 3.63) is 72.2 Å². The van der Waals surface area contributed by atoms with Gasteiger partial charge in [0.15, 0.2) is 0 Å². The molecule has 3 heterocycles. The Kier molecular flexibility index (Phi) is 6.49. The maximum atomic E-state index is 12.7. The van der Waals surface area contributed by atoms with E-state index in [-0.39, 0.29) is 5.91 Å². The molecule has 1 amide bonds. The number of likely N-dealkylation sites (N-methyl/N-ethyl adjacent to an activating group) is 1. The zero-order valence-corrected chi connectivity index (χ0v) is 17.9. The molecule has 160 valence electrons. The van der Waals surface area contributed by atoms with Gasteiger partial charge in [0.2, 0.25) is 5.95 Å². The van der Waals surface area contributed by atoms with E-state index < -0.39 is 0 Å². The van der Waals surface area contributed by atoms with Crippen molar-refractivity contribution < 1.29 is 4.79 Å². The van der Waals surface area contributed by atoms with Crippen LogP contribution in [0.3, 0.4) is 0 Å². The summed E-state index contributed by atoms with van der Waals surface area (Å²) < 4.78 is 0. The number of nitrogens with one attached hydrogen (secondary N) is 1. The minimum absolute atomic E-state index is 0.205. The fourth-order valence-electron chi connectivity index (χ4n) is 3.48. The van der Waals surface area contributed by atoms with Crippen LogP contribution in [0.4, 0.5) is 5.95 Å². The number of nitrogens with zero attached hydrogens (tertiary/aromatic N) is 6. The Bertz CT molecular complexity index is 1000. The quantitative estimate of drug-likeness (QED) is 0.615. The fraction of sp³-hybridized carbons (Fsp3) is 0.304. The van der Waals surface area contributed by atoms with Crippen LogP contribution in [0.2, 0.25) is 0 Å². The highest BCUT2D eigenvalue weighted by Gasteiger charge is 2.15. The summed E-state index contributed by atoms with van der Waals surface area (Å²) in [6.45, 7) is 5.24. The van der Waals surface area contributed by atoms with Gasteiger partial charge in [-0.1, -0.05) is 12.1 Å². The number of amides is 1. The second-order valence-corrected chi connectivity index (χ2v) is 7.76. The highest BCUT2D eigenvalue weighted by atomic mass is 16.2. The zero-order chi connectivity index (χ0) is 21.6. The SMILES string of the molecule is CN1CCN(Cc2ccc(C(=O)NN(C)c3nccc(-c4cccnc4)n3)cc2)CC1. The minimum atomic E-state index is -0.205. The molecule has 1 saturated heterocycles. The van der Waals surface area contributed by atoms with Crippen molar-refractivity contribution >= 4 is 11.9 Å². The molecule has 1 aliphatic heterocycles. The number of piperazine rings is 1. The monoisotopic (exact) mass is 417 g/mol. The molecule has 1 fully saturated rings. The number of carbonyl (C=O) groups excluding carboxylic acids is 1. The smallest absolute Gasteiger partial charge is 0.269 e. The largest absolute Gasteiger partial charge is 0.304 e. The van der Waals surface area contributed by atoms with Gasteiger partial charge >= 0.3 is 0 Å². The van der Waals surface area contributed by atoms with E-state index in [2.05, 4.69) is 37.2 Å². The number of carbonyl (C=O) groups is 1. The van der Waals surface area contributed by atoms with Gasteiger partial charge in [0, 0.05) is 69.5 Å². The fourth-order valence-corrected chi connectivity index (χ4v) is 3.48. The molecule has 1 aliphatic rings. The predicted octanol–water partition coefficient (Wildman–Crippen LogP) is 2.07. The van der Waals surface area contributed by atoms with Crippen LogP contribution in [0.5, 0.6) is 0 Å². The van der Waals surface area contributed by atoms with Gasteiger partial charge in [-0.25, -0.2) is 9.97 Å². The average Bonchev–Trinajstić information content (AvgIpc) is 2.81. The summed E-state index contributed by atoms with van der Waals surface area (Å²) in [7, 11) is 3.88. The van der Waals surface area contributed by atoms with Gasteiger partial charge < -0.3 is 4.90 Å². The average molecular weight is 418 g/mol. The Balaban J connectivity index is 1.37. The topological polar surface area (TPSA) is 77.5 Å². The van der Waals surface area contributed by atoms with E-state index in [0.29, 0.717) is 11.5 Å². The van der Waals surface area contributed by atoms with E-state index in [1.807, 2.05) is 42.5 Å². The minimum Gasteiger partial charge on any atom is -0.304 e. The molecule has 8 nitrogen and oxygen atoms in total. The van der Waals surface area contributed by atoms with Crippen LogP contribution in [0.1, 0.15) is 15.9 Å². The van der Waals surface area contributed by atoms with Crippen molar-refractivity contribution in [2.75, 3.05) is 45.3 Å². The molecule has 3 aromatic rings. The van der Waals surface area contributed by atoms with Crippen molar-refractivity contribution in [2.24, 2.45) is 0 Å². The Morgan fingerprint density at radius 1 is 1.06 bits per heavy atom. The molecule has 4 rings (SSSR count). The molecule has 2 aromatic heterocycles. The normalized spacial score (nSPS) is 14.9. The molecule has 0 radical (unpaired) electrons. The van der Waals surface area contributed by atoms with Crippen LogP contribution < -0.4 is 10.4 Å². The van der Waals surface area contributed by atoms with E-state index >= 15 is 0 Å². The number of aromatic nitrogens is 3. The van der Waals surface area contributed by atoms with Crippen molar-refractivity contribution in [3.63, 3.8) is 0 Å². The first-order chi connectivity index (χ1) is 15.1. The lowest BCUT2D eigenvalue weighted by Crippen LogP contribution is -2.43. The molecule has 0 spiro atoms. The lowest BCUT2D eigenvalue weighted by atomic mass is 10.1. The van der Waals surface area contributed by atoms with Crippen molar-refractivity contribution in [2.45, 2.75) is 6.54 Å². The van der Waals surface area contributed by atoms with Gasteiger partial charge in [0.05, 0.1) is 5.69 Å². The number of hydrazine groups is 1. The van der Waals surface area contributed by atoms with E-state index in [1.165, 1.54) is 10.6 Å². The van der Waals surface area contributed by atoms with Crippen molar-refractivity contribution in [1.29, 1.82) is 0 Å². The number of pyridine rings is 1. The maximum Gasteiger partial charge on any atom is 0.269 e. The van der Waals surface area contributed by atoms with Crippen LogP contribution in [-0.4, -0.2) is 70.9 Å². The molecule has 0 unspecified atom stereocenters. The van der Waals surface area contributed by atoms with Crippen LogP contribution in [-0.2, 0) is 6.54 Å². The lowest BCUT2D eigenvalue weighted by molar-refractivity contribution is 0.0950. The molecular weight excluding hydrogens is 390 g/mol. The number of hydrogen-bond acceptors (Lipinski definition) is 7. The number of rotatable bonds is 6. The zero-order valence-electron chi connectivity index (χ0n) is 17.9. The summed E-state index contributed by atoms with van der Waals surface area (Å²) in [5, 5.41) is 1.53. The van der Waals surface area contributed by atoms with Crippen LogP contribution in [0.25, 0.3) is 11.3 Å². The molecule has 0 atom stereocenters. The molecule has 8 heteroatoms. The van der Waals surface area contributed by atoms with Gasteiger partial charge in [0.25, 0.3) is 5.91 Å². The third kappa shape index (κ3) is 5.42. The van der Waals surface area contributed by atoms with Gasteiger partial charge in [-0.2, -0.15) is 0 Å². The van der Waals surface area contributed by atoms with E-state index in [9.17, 15) is 4.79 Å². The predicted molar refractivity (Wildman–Crippen MR) is 120 cm³/mol. The van der Waals surface area contributed by atoms with Gasteiger partial charge in [-0.05, 0) is 42.9 Å². The maximum absolute atomic E-state index is 12.7. The van der Waals surface area contributed by atoms with Gasteiger partial charge in [-0.3, -0.25) is 25.1 Å². The van der Waals surface area contributed by atoms with Crippen molar-refractivity contribution in [1.82, 2.24) is 30.2 Å². The molecule has 1 N–H and O–H groups in total. The first-order valence-corrected chi connectivity index (χ1v) is 10.4. The van der Waals surface area contributed by atoms with E-state index in [0.717, 1.165) is 44.0 Å². The Labute approximate surface area is 182 Å². The summed E-state index contributed by atoms with van der Waals surface area (Å²) in [5.74, 6) is 0.199. The number of anilines is 1. The summed E-state index contributed by atoms with van der Waals surface area (Å²) in [4.78, 5) is 30.4. The third-order valence-corrected chi connectivity index (χ3v) is 5.39. The summed E-state index contributed by atoms with van der Waals surface area (Å²) in [5.41, 5.74) is 6.27. The van der Waals surface area contributed by atoms with Crippen molar-refractivity contribution in [3.8, 4) is 11.3 Å². The van der Waals surface area contributed by atoms with Crippen LogP contribution in [0, 0.1) is 0 Å². The number of hydrogen-bond donors (Lipinski definition) is 1. The second kappa shape index (κ2) is 9.63. The van der Waals surface area contributed by atoms with E-state index in [1.54, 1.807) is 25.6 Å². The molecule has 1 aromatic carbocycles. The molecular formula is C23H27N7O. The highest BCUT2D eigenvalue weighted by molar-refractivity contribution is 5.94. The Morgan fingerprint density at radius 2 is 1.84 bits per heavy atom. The standard InChI is InChI=1S/C23H27N7O/c1-28-12-14-30(15-13-28)17-18-5-7-19(8-6-18)22(31)27-29(2)23-25-11-9-21(26-23)20-4-3-10-24-16-20/h3-11,16H,12-15,17H2,1-2H3,(H,27,31). The third-order valence-electron chi connectivity index (χ3n) is 5.39. The molecule has 0 bridgehead atoms. The number of benzene rings is 1. The van der Waals surface area contributed by atoms with E-state index in [4.69, 9.17) is 0 Å². The van der Waals surface area contributed by atoms with Gasteiger partial charge in [0.1, 0.15) is 0 Å². The molecule has 0 aliphatic carbocycles.